The van der Waals surface area contributed by atoms with Gasteiger partial charge in [-0.1, -0.05) is 23.9 Å². The third-order valence-corrected chi connectivity index (χ3v) is 6.40. The number of rotatable bonds is 5. The number of anilines is 1. The lowest BCUT2D eigenvalue weighted by Gasteiger charge is -2.33. The zero-order chi connectivity index (χ0) is 21.5. The Labute approximate surface area is 181 Å². The predicted octanol–water partition coefficient (Wildman–Crippen LogP) is 1.11. The van der Waals surface area contributed by atoms with Crippen molar-refractivity contribution in [1.82, 2.24) is 29.0 Å². The molecule has 0 amide bonds. The summed E-state index contributed by atoms with van der Waals surface area (Å²) in [5.74, 6) is 1.36. The minimum Gasteiger partial charge on any atom is -0.431 e. The first-order valence-corrected chi connectivity index (χ1v) is 11.1. The van der Waals surface area contributed by atoms with Crippen LogP contribution in [0.2, 0.25) is 0 Å². The second-order valence-corrected chi connectivity index (χ2v) is 8.69. The molecule has 0 bridgehead atoms. The van der Waals surface area contributed by atoms with E-state index in [1.165, 1.54) is 16.3 Å². The monoisotopic (exact) mass is 441 g/mol. The van der Waals surface area contributed by atoms with Crippen LogP contribution in [0.1, 0.15) is 0 Å². The van der Waals surface area contributed by atoms with Crippen LogP contribution in [-0.2, 0) is 13.6 Å². The van der Waals surface area contributed by atoms with E-state index >= 15 is 0 Å². The highest BCUT2D eigenvalue weighted by Gasteiger charge is 2.24. The number of aryl methyl sites for hydroxylation is 2. The molecular formula is C20H23N7O3S. The van der Waals surface area contributed by atoms with Crippen molar-refractivity contribution < 1.29 is 4.42 Å². The first-order valence-electron chi connectivity index (χ1n) is 10.1. The number of hydrogen-bond donors (Lipinski definition) is 1. The summed E-state index contributed by atoms with van der Waals surface area (Å²) in [7, 11) is 3.71. The molecule has 3 aromatic heterocycles. The Bertz CT molecular complexity index is 1330. The molecule has 1 aliphatic heterocycles. The highest BCUT2D eigenvalue weighted by Crippen LogP contribution is 2.25. The van der Waals surface area contributed by atoms with Crippen LogP contribution >= 0.6 is 11.8 Å². The van der Waals surface area contributed by atoms with Gasteiger partial charge in [0.05, 0.1) is 0 Å². The van der Waals surface area contributed by atoms with E-state index in [9.17, 15) is 9.59 Å². The number of aromatic nitrogens is 5. The molecule has 1 N–H and O–H groups in total. The average Bonchev–Trinajstić information content (AvgIpc) is 3.34. The number of nitrogens with one attached hydrogen (secondary N) is 1. The van der Waals surface area contributed by atoms with Gasteiger partial charge in [-0.2, -0.15) is 4.98 Å². The van der Waals surface area contributed by atoms with Crippen LogP contribution < -0.4 is 16.1 Å². The minimum atomic E-state index is -0.465. The number of oxazole rings is 1. The second-order valence-electron chi connectivity index (χ2n) is 7.64. The van der Waals surface area contributed by atoms with E-state index in [0.29, 0.717) is 34.6 Å². The second kappa shape index (κ2) is 7.89. The van der Waals surface area contributed by atoms with E-state index in [1.54, 1.807) is 7.05 Å². The van der Waals surface area contributed by atoms with Gasteiger partial charge in [0.1, 0.15) is 5.52 Å². The Balaban J connectivity index is 1.48. The Hall–Kier alpha value is -3.05. The number of piperazine rings is 1. The number of imidazole rings is 1. The van der Waals surface area contributed by atoms with Crippen molar-refractivity contribution in [2.45, 2.75) is 11.8 Å². The lowest BCUT2D eigenvalue weighted by atomic mass is 10.3. The number of H-pyrrole nitrogens is 1. The van der Waals surface area contributed by atoms with E-state index in [-0.39, 0.29) is 0 Å². The molecule has 0 aliphatic carbocycles. The summed E-state index contributed by atoms with van der Waals surface area (Å²) in [5, 5.41) is 0.591. The number of fused-ring (bicyclic) bond motifs is 2. The molecule has 162 valence electrons. The lowest BCUT2D eigenvalue weighted by Crippen LogP contribution is -2.45. The highest BCUT2D eigenvalue weighted by atomic mass is 32.2. The van der Waals surface area contributed by atoms with Crippen molar-refractivity contribution in [2.24, 2.45) is 7.05 Å². The van der Waals surface area contributed by atoms with Crippen LogP contribution in [0.15, 0.2) is 43.5 Å². The summed E-state index contributed by atoms with van der Waals surface area (Å²) in [5.41, 5.74) is 1.50. The Morgan fingerprint density at radius 3 is 2.65 bits per heavy atom. The number of likely N-dealkylation sites (N-methyl/N-ethyl adjacent to an activating group) is 1. The smallest absolute Gasteiger partial charge is 0.329 e. The van der Waals surface area contributed by atoms with Gasteiger partial charge in [0.15, 0.2) is 16.7 Å². The van der Waals surface area contributed by atoms with E-state index in [1.807, 2.05) is 28.8 Å². The van der Waals surface area contributed by atoms with Crippen molar-refractivity contribution in [3.63, 3.8) is 0 Å². The Morgan fingerprint density at radius 1 is 1.10 bits per heavy atom. The van der Waals surface area contributed by atoms with Crippen LogP contribution in [0.25, 0.3) is 22.3 Å². The molecule has 0 unspecified atom stereocenters. The number of hydrogen-bond acceptors (Lipinski definition) is 8. The van der Waals surface area contributed by atoms with Gasteiger partial charge in [-0.3, -0.25) is 14.3 Å². The fourth-order valence-corrected chi connectivity index (χ4v) is 4.58. The molecule has 10 nitrogen and oxygen atoms in total. The molecule has 5 rings (SSSR count). The summed E-state index contributed by atoms with van der Waals surface area (Å²) in [4.78, 5) is 40.8. The molecule has 31 heavy (non-hydrogen) atoms. The van der Waals surface area contributed by atoms with E-state index in [4.69, 9.17) is 9.40 Å². The summed E-state index contributed by atoms with van der Waals surface area (Å²) in [6.07, 6.45) is 0. The molecule has 0 radical (unpaired) electrons. The van der Waals surface area contributed by atoms with Crippen LogP contribution in [0.5, 0.6) is 0 Å². The average molecular weight is 442 g/mol. The maximum Gasteiger partial charge on any atom is 0.329 e. The maximum atomic E-state index is 12.7. The largest absolute Gasteiger partial charge is 0.431 e. The molecule has 4 aromatic rings. The Morgan fingerprint density at radius 2 is 1.87 bits per heavy atom. The topological polar surface area (TPSA) is 105 Å². The fraction of sp³-hybridized carbons (Fsp3) is 0.400. The number of aromatic amines is 1. The van der Waals surface area contributed by atoms with Gasteiger partial charge < -0.3 is 18.8 Å². The van der Waals surface area contributed by atoms with Gasteiger partial charge >= 0.3 is 5.69 Å². The number of benzene rings is 1. The number of thioether (sulfide) groups is 1. The van der Waals surface area contributed by atoms with Gasteiger partial charge in [-0.25, -0.2) is 9.78 Å². The van der Waals surface area contributed by atoms with Crippen molar-refractivity contribution in [3.05, 3.63) is 45.1 Å². The quantitative estimate of drug-likeness (QED) is 0.459. The van der Waals surface area contributed by atoms with Crippen LogP contribution in [0, 0.1) is 0 Å². The van der Waals surface area contributed by atoms with Crippen molar-refractivity contribution in [3.8, 4) is 0 Å². The van der Waals surface area contributed by atoms with Gasteiger partial charge in [0, 0.05) is 45.5 Å². The molecular weight excluding hydrogens is 418 g/mol. The van der Waals surface area contributed by atoms with E-state index in [0.717, 1.165) is 37.3 Å². The molecule has 1 aliphatic rings. The third kappa shape index (κ3) is 3.63. The highest BCUT2D eigenvalue weighted by molar-refractivity contribution is 7.99. The SMILES string of the molecule is CN1CCN(c2nc3c(c(=O)[nH]c(=O)n3C)n2CCSc2nc3ccccc3o2)CC1. The zero-order valence-electron chi connectivity index (χ0n) is 17.4. The van der Waals surface area contributed by atoms with Gasteiger partial charge in [0.25, 0.3) is 10.8 Å². The number of nitrogens with zero attached hydrogens (tertiary/aromatic N) is 6. The maximum absolute atomic E-state index is 12.7. The van der Waals surface area contributed by atoms with Crippen molar-refractivity contribution >= 4 is 40.0 Å². The van der Waals surface area contributed by atoms with Crippen LogP contribution in [-0.4, -0.2) is 68.0 Å². The normalized spacial score (nSPS) is 15.4. The molecule has 0 atom stereocenters. The number of para-hydroxylation sites is 2. The third-order valence-electron chi connectivity index (χ3n) is 5.59. The fourth-order valence-electron chi connectivity index (χ4n) is 3.82. The molecule has 0 spiro atoms. The van der Waals surface area contributed by atoms with Crippen LogP contribution in [0.4, 0.5) is 5.95 Å². The van der Waals surface area contributed by atoms with Crippen molar-refractivity contribution in [2.75, 3.05) is 43.9 Å². The minimum absolute atomic E-state index is 0.398. The zero-order valence-corrected chi connectivity index (χ0v) is 18.2. The molecule has 1 saturated heterocycles. The van der Waals surface area contributed by atoms with Gasteiger partial charge in [-0.15, -0.1) is 0 Å². The first-order chi connectivity index (χ1) is 15.0. The summed E-state index contributed by atoms with van der Waals surface area (Å²) in [6.45, 7) is 3.98. The van der Waals surface area contributed by atoms with Crippen molar-refractivity contribution in [1.29, 1.82) is 0 Å². The first kappa shape index (κ1) is 19.9. The molecule has 11 heteroatoms. The summed E-state index contributed by atoms with van der Waals surface area (Å²) < 4.78 is 9.09. The van der Waals surface area contributed by atoms with E-state index < -0.39 is 11.2 Å². The lowest BCUT2D eigenvalue weighted by molar-refractivity contribution is 0.310. The molecule has 4 heterocycles. The van der Waals surface area contributed by atoms with Crippen LogP contribution in [0.3, 0.4) is 0 Å². The molecule has 1 fully saturated rings. The Kier molecular flexibility index (Phi) is 5.06. The molecule has 1 aromatic carbocycles. The summed E-state index contributed by atoms with van der Waals surface area (Å²) >= 11 is 1.49. The standard InChI is InChI=1S/C20H23N7O3S/c1-24-7-9-26(10-8-24)18-22-16-15(17(28)23-19(29)25(16)2)27(18)11-12-31-20-21-13-5-3-4-6-14(13)30-20/h3-6H,7-12H2,1-2H3,(H,23,28,29). The predicted molar refractivity (Wildman–Crippen MR) is 120 cm³/mol. The molecule has 0 saturated carbocycles. The van der Waals surface area contributed by atoms with E-state index in [2.05, 4.69) is 26.8 Å². The van der Waals surface area contributed by atoms with Gasteiger partial charge in [-0.05, 0) is 19.2 Å². The summed E-state index contributed by atoms with van der Waals surface area (Å²) in [6, 6.07) is 7.65. The van der Waals surface area contributed by atoms with Gasteiger partial charge in [0.2, 0.25) is 5.95 Å².